The highest BCUT2D eigenvalue weighted by Crippen LogP contribution is 2.22. The fourth-order valence-electron chi connectivity index (χ4n) is 3.26. The molecule has 0 aliphatic carbocycles. The molecule has 1 heterocycles. The van der Waals surface area contributed by atoms with E-state index in [0.29, 0.717) is 18.2 Å². The van der Waals surface area contributed by atoms with Crippen LogP contribution in [0.3, 0.4) is 0 Å². The van der Waals surface area contributed by atoms with Crippen molar-refractivity contribution in [2.75, 3.05) is 25.1 Å². The number of nitrogens with one attached hydrogen (secondary N) is 1. The number of hydrogen-bond donors (Lipinski definition) is 1. The van der Waals surface area contributed by atoms with E-state index < -0.39 is 19.9 Å². The zero-order valence-electron chi connectivity index (χ0n) is 15.0. The molecule has 1 saturated heterocycles. The second kappa shape index (κ2) is 7.57. The molecule has 9 heteroatoms. The molecule has 7 nitrogen and oxygen atoms in total. The van der Waals surface area contributed by atoms with Gasteiger partial charge in [-0.15, -0.1) is 0 Å². The molecule has 146 valence electrons. The number of carbonyl (C=O) groups is 1. The van der Waals surface area contributed by atoms with Crippen LogP contribution in [0.2, 0.25) is 0 Å². The van der Waals surface area contributed by atoms with Gasteiger partial charge in [-0.3, -0.25) is 4.79 Å². The second-order valence-electron chi connectivity index (χ2n) is 6.69. The van der Waals surface area contributed by atoms with E-state index in [1.54, 1.807) is 25.2 Å². The Kier molecular flexibility index (Phi) is 5.55. The Labute approximate surface area is 159 Å². The average Bonchev–Trinajstić information content (AvgIpc) is 2.65. The summed E-state index contributed by atoms with van der Waals surface area (Å²) in [6.45, 7) is -0.370. The van der Waals surface area contributed by atoms with Crippen LogP contribution >= 0.6 is 0 Å². The second-order valence-corrected chi connectivity index (χ2v) is 10.7. The maximum atomic E-state index is 12.7. The molecule has 0 unspecified atom stereocenters. The normalized spacial score (nSPS) is 17.7. The summed E-state index contributed by atoms with van der Waals surface area (Å²) < 4.78 is 50.7. The third kappa shape index (κ3) is 4.48. The van der Waals surface area contributed by atoms with Crippen LogP contribution in [0, 0.1) is 0 Å². The van der Waals surface area contributed by atoms with Gasteiger partial charge >= 0.3 is 0 Å². The highest BCUT2D eigenvalue weighted by atomic mass is 32.2. The third-order valence-electron chi connectivity index (χ3n) is 4.92. The summed E-state index contributed by atoms with van der Waals surface area (Å²) in [6.07, 6.45) is 0.751. The lowest BCUT2D eigenvalue weighted by molar-refractivity contribution is -0.130. The predicted octanol–water partition coefficient (Wildman–Crippen LogP) is 1.15. The van der Waals surface area contributed by atoms with Gasteiger partial charge < -0.3 is 4.90 Å². The lowest BCUT2D eigenvalue weighted by Crippen LogP contribution is -2.46. The first-order chi connectivity index (χ1) is 12.7. The van der Waals surface area contributed by atoms with E-state index in [1.165, 1.54) is 11.0 Å². The number of hydrogen-bond acceptors (Lipinski definition) is 5. The lowest BCUT2D eigenvalue weighted by Gasteiger charge is -2.31. The number of carbonyl (C=O) groups excluding carboxylic acids is 1. The van der Waals surface area contributed by atoms with Crippen molar-refractivity contribution in [1.29, 1.82) is 0 Å². The van der Waals surface area contributed by atoms with Crippen LogP contribution in [0.25, 0.3) is 10.8 Å². The third-order valence-corrected chi connectivity index (χ3v) is 8.09. The number of sulfone groups is 1. The molecule has 3 rings (SSSR count). The van der Waals surface area contributed by atoms with Gasteiger partial charge in [0.15, 0.2) is 0 Å². The minimum Gasteiger partial charge on any atom is -0.342 e. The van der Waals surface area contributed by atoms with Crippen LogP contribution in [0.15, 0.2) is 47.4 Å². The molecular formula is C18H22N2O5S2. The largest absolute Gasteiger partial charge is 0.342 e. The molecule has 2 aromatic rings. The zero-order valence-corrected chi connectivity index (χ0v) is 16.6. The molecule has 0 spiro atoms. The van der Waals surface area contributed by atoms with Gasteiger partial charge in [0.1, 0.15) is 9.84 Å². The lowest BCUT2D eigenvalue weighted by atomic mass is 10.1. The number of nitrogens with zero attached hydrogens (tertiary/aromatic N) is 1. The van der Waals surface area contributed by atoms with Crippen molar-refractivity contribution in [1.82, 2.24) is 9.62 Å². The van der Waals surface area contributed by atoms with E-state index >= 15 is 0 Å². The van der Waals surface area contributed by atoms with Crippen LogP contribution in [0.4, 0.5) is 0 Å². The van der Waals surface area contributed by atoms with E-state index in [-0.39, 0.29) is 34.9 Å². The van der Waals surface area contributed by atoms with E-state index in [1.807, 2.05) is 18.2 Å². The first kappa shape index (κ1) is 19.8. The van der Waals surface area contributed by atoms with Gasteiger partial charge in [0.2, 0.25) is 15.9 Å². The predicted molar refractivity (Wildman–Crippen MR) is 104 cm³/mol. The smallest absolute Gasteiger partial charge is 0.241 e. The molecule has 0 atom stereocenters. The molecule has 1 aliphatic rings. The number of benzene rings is 2. The van der Waals surface area contributed by atoms with Crippen molar-refractivity contribution in [3.63, 3.8) is 0 Å². The van der Waals surface area contributed by atoms with Crippen LogP contribution in [-0.4, -0.2) is 58.8 Å². The van der Waals surface area contributed by atoms with Crippen molar-refractivity contribution in [3.8, 4) is 0 Å². The molecule has 0 radical (unpaired) electrons. The van der Waals surface area contributed by atoms with Crippen LogP contribution in [0.1, 0.15) is 12.8 Å². The van der Waals surface area contributed by atoms with Gasteiger partial charge in [0.25, 0.3) is 0 Å². The zero-order chi connectivity index (χ0) is 19.7. The summed E-state index contributed by atoms with van der Waals surface area (Å²) in [4.78, 5) is 14.0. The molecule has 0 bridgehead atoms. The molecule has 1 fully saturated rings. The maximum absolute atomic E-state index is 12.7. The Bertz CT molecular complexity index is 1040. The summed E-state index contributed by atoms with van der Waals surface area (Å²) in [7, 11) is -5.29. The number of amides is 1. The topological polar surface area (TPSA) is 101 Å². The fourth-order valence-corrected chi connectivity index (χ4v) is 5.93. The average molecular weight is 411 g/mol. The van der Waals surface area contributed by atoms with Gasteiger partial charge in [-0.25, -0.2) is 21.6 Å². The Morgan fingerprint density at radius 1 is 1.11 bits per heavy atom. The monoisotopic (exact) mass is 410 g/mol. The maximum Gasteiger partial charge on any atom is 0.241 e. The van der Waals surface area contributed by atoms with Crippen molar-refractivity contribution in [2.24, 2.45) is 0 Å². The van der Waals surface area contributed by atoms with E-state index in [0.717, 1.165) is 5.39 Å². The Hall–Kier alpha value is -1.97. The number of rotatable bonds is 5. The first-order valence-corrected chi connectivity index (χ1v) is 11.9. The molecular weight excluding hydrogens is 388 g/mol. The highest BCUT2D eigenvalue weighted by molar-refractivity contribution is 7.91. The van der Waals surface area contributed by atoms with Crippen molar-refractivity contribution in [3.05, 3.63) is 42.5 Å². The quantitative estimate of drug-likeness (QED) is 0.797. The molecule has 1 N–H and O–H groups in total. The summed E-state index contributed by atoms with van der Waals surface area (Å²) in [6, 6.07) is 11.9. The van der Waals surface area contributed by atoms with Crippen LogP contribution in [0.5, 0.6) is 0 Å². The first-order valence-electron chi connectivity index (χ1n) is 8.63. The summed E-state index contributed by atoms with van der Waals surface area (Å²) in [5, 5.41) is 1.39. The molecule has 2 aromatic carbocycles. The molecule has 27 heavy (non-hydrogen) atoms. The standard InChI is InChI=1S/C18H22N2O5S2/c1-20(15-9-11-26(22,23)12-10-15)18(21)13-19-27(24,25)17-8-4-6-14-5-2-3-7-16(14)17/h2-8,15,19H,9-13H2,1H3. The Balaban J connectivity index is 1.69. The summed E-state index contributed by atoms with van der Waals surface area (Å²) in [5.41, 5.74) is 0. The van der Waals surface area contributed by atoms with Crippen molar-refractivity contribution < 1.29 is 21.6 Å². The molecule has 0 saturated carbocycles. The van der Waals surface area contributed by atoms with Crippen LogP contribution < -0.4 is 4.72 Å². The fraction of sp³-hybridized carbons (Fsp3) is 0.389. The molecule has 1 aliphatic heterocycles. The van der Waals surface area contributed by atoms with Gasteiger partial charge in [-0.2, -0.15) is 0 Å². The van der Waals surface area contributed by atoms with Crippen molar-refractivity contribution in [2.45, 2.75) is 23.8 Å². The highest BCUT2D eigenvalue weighted by Gasteiger charge is 2.29. The Morgan fingerprint density at radius 2 is 1.74 bits per heavy atom. The van der Waals surface area contributed by atoms with Gasteiger partial charge in [-0.05, 0) is 24.3 Å². The number of likely N-dealkylation sites (N-methyl/N-ethyl adjacent to an activating group) is 1. The van der Waals surface area contributed by atoms with Crippen LogP contribution in [-0.2, 0) is 24.7 Å². The summed E-state index contributed by atoms with van der Waals surface area (Å²) in [5.74, 6) is -0.281. The minimum atomic E-state index is -3.86. The van der Waals surface area contributed by atoms with E-state index in [2.05, 4.69) is 4.72 Å². The Morgan fingerprint density at radius 3 is 2.44 bits per heavy atom. The van der Waals surface area contributed by atoms with Gasteiger partial charge in [0.05, 0.1) is 22.9 Å². The van der Waals surface area contributed by atoms with Crippen molar-refractivity contribution >= 4 is 36.5 Å². The number of sulfonamides is 1. The van der Waals surface area contributed by atoms with E-state index in [9.17, 15) is 21.6 Å². The summed E-state index contributed by atoms with van der Waals surface area (Å²) >= 11 is 0. The molecule has 1 amide bonds. The van der Waals surface area contributed by atoms with Gasteiger partial charge in [0, 0.05) is 18.5 Å². The SMILES string of the molecule is CN(C(=O)CNS(=O)(=O)c1cccc2ccccc12)C1CCS(=O)(=O)CC1. The van der Waals surface area contributed by atoms with E-state index in [4.69, 9.17) is 0 Å². The molecule has 0 aromatic heterocycles. The minimum absolute atomic E-state index is 0.0526. The number of fused-ring (bicyclic) bond motifs is 1. The van der Waals surface area contributed by atoms with Gasteiger partial charge in [-0.1, -0.05) is 36.4 Å².